The van der Waals surface area contributed by atoms with Gasteiger partial charge in [0.1, 0.15) is 0 Å². The summed E-state index contributed by atoms with van der Waals surface area (Å²) in [5.74, 6) is 0. The summed E-state index contributed by atoms with van der Waals surface area (Å²) in [6, 6.07) is 3.90. The van der Waals surface area contributed by atoms with E-state index in [1.807, 2.05) is 19.1 Å². The zero-order chi connectivity index (χ0) is 10.4. The summed E-state index contributed by atoms with van der Waals surface area (Å²) in [5.41, 5.74) is 6.96. The molecule has 2 N–H and O–H groups in total. The summed E-state index contributed by atoms with van der Waals surface area (Å²) in [6.45, 7) is 4.79. The molecule has 1 rings (SSSR count). The van der Waals surface area contributed by atoms with Crippen LogP contribution in [0.4, 0.5) is 0 Å². The molecule has 2 atom stereocenters. The lowest BCUT2D eigenvalue weighted by molar-refractivity contribution is 0.0387. The van der Waals surface area contributed by atoms with Crippen LogP contribution in [0.3, 0.4) is 0 Å². The van der Waals surface area contributed by atoms with E-state index in [-0.39, 0.29) is 12.1 Å². The average molecular weight is 194 g/mol. The molecule has 0 saturated carbocycles. The van der Waals surface area contributed by atoms with Crippen LogP contribution in [0.1, 0.15) is 31.9 Å². The van der Waals surface area contributed by atoms with Crippen molar-refractivity contribution in [1.82, 2.24) is 4.98 Å². The molecule has 0 amide bonds. The second kappa shape index (κ2) is 5.73. The second-order valence-electron chi connectivity index (χ2n) is 3.43. The van der Waals surface area contributed by atoms with Gasteiger partial charge in [-0.2, -0.15) is 0 Å². The van der Waals surface area contributed by atoms with Crippen LogP contribution in [0, 0.1) is 0 Å². The summed E-state index contributed by atoms with van der Waals surface area (Å²) in [6.07, 6.45) is 4.52. The molecule has 2 unspecified atom stereocenters. The molecule has 0 aromatic carbocycles. The number of nitrogens with zero attached hydrogens (tertiary/aromatic N) is 1. The Morgan fingerprint density at radius 3 is 2.57 bits per heavy atom. The zero-order valence-electron chi connectivity index (χ0n) is 8.81. The van der Waals surface area contributed by atoms with Gasteiger partial charge in [-0.05, 0) is 31.0 Å². The molecule has 3 heteroatoms. The van der Waals surface area contributed by atoms with Crippen molar-refractivity contribution in [2.45, 2.75) is 32.4 Å². The molecule has 14 heavy (non-hydrogen) atoms. The number of pyridine rings is 1. The fraction of sp³-hybridized carbons (Fsp3) is 0.545. The van der Waals surface area contributed by atoms with E-state index in [1.54, 1.807) is 12.4 Å². The second-order valence-corrected chi connectivity index (χ2v) is 3.43. The predicted octanol–water partition coefficient (Wildman–Crippen LogP) is 1.90. The van der Waals surface area contributed by atoms with Gasteiger partial charge in [0.15, 0.2) is 0 Å². The van der Waals surface area contributed by atoms with Crippen molar-refractivity contribution in [2.75, 3.05) is 6.61 Å². The molecule has 0 aliphatic heterocycles. The summed E-state index contributed by atoms with van der Waals surface area (Å²) >= 11 is 0. The van der Waals surface area contributed by atoms with Crippen molar-refractivity contribution < 1.29 is 4.74 Å². The van der Waals surface area contributed by atoms with Crippen molar-refractivity contribution in [3.05, 3.63) is 30.1 Å². The minimum absolute atomic E-state index is 0.00366. The molecule has 0 spiro atoms. The van der Waals surface area contributed by atoms with Gasteiger partial charge in [0.25, 0.3) is 0 Å². The smallest absolute Gasteiger partial charge is 0.0974 e. The van der Waals surface area contributed by atoms with E-state index in [1.165, 1.54) is 0 Å². The number of hydrogen-bond acceptors (Lipinski definition) is 3. The average Bonchev–Trinajstić information content (AvgIpc) is 2.19. The van der Waals surface area contributed by atoms with E-state index < -0.39 is 0 Å². The summed E-state index contributed by atoms with van der Waals surface area (Å²) in [5, 5.41) is 0. The molecule has 0 radical (unpaired) electrons. The van der Waals surface area contributed by atoms with Gasteiger partial charge in [-0.15, -0.1) is 0 Å². The minimum atomic E-state index is -0.0158. The van der Waals surface area contributed by atoms with Crippen LogP contribution in [0.5, 0.6) is 0 Å². The SMILES string of the molecule is CCCOC(c1ccncc1)C(C)N. The summed E-state index contributed by atoms with van der Waals surface area (Å²) < 4.78 is 5.69. The van der Waals surface area contributed by atoms with Gasteiger partial charge in [-0.25, -0.2) is 0 Å². The third-order valence-electron chi connectivity index (χ3n) is 2.01. The third-order valence-corrected chi connectivity index (χ3v) is 2.01. The number of nitrogens with two attached hydrogens (primary N) is 1. The Balaban J connectivity index is 2.68. The Kier molecular flexibility index (Phi) is 4.56. The topological polar surface area (TPSA) is 48.1 Å². The molecular weight excluding hydrogens is 176 g/mol. The fourth-order valence-electron chi connectivity index (χ4n) is 1.35. The maximum atomic E-state index is 5.86. The van der Waals surface area contributed by atoms with E-state index in [0.717, 1.165) is 18.6 Å². The Hall–Kier alpha value is -0.930. The lowest BCUT2D eigenvalue weighted by Gasteiger charge is -2.21. The van der Waals surface area contributed by atoms with E-state index in [0.29, 0.717) is 0 Å². The highest BCUT2D eigenvalue weighted by Gasteiger charge is 2.15. The predicted molar refractivity (Wildman–Crippen MR) is 56.9 cm³/mol. The minimum Gasteiger partial charge on any atom is -0.372 e. The van der Waals surface area contributed by atoms with Gasteiger partial charge in [0, 0.05) is 25.0 Å². The summed E-state index contributed by atoms with van der Waals surface area (Å²) in [7, 11) is 0. The Morgan fingerprint density at radius 1 is 1.43 bits per heavy atom. The molecule has 3 nitrogen and oxygen atoms in total. The normalized spacial score (nSPS) is 15.1. The van der Waals surface area contributed by atoms with Gasteiger partial charge in [-0.1, -0.05) is 6.92 Å². The van der Waals surface area contributed by atoms with Gasteiger partial charge >= 0.3 is 0 Å². The molecule has 0 bridgehead atoms. The molecule has 0 aliphatic rings. The van der Waals surface area contributed by atoms with Crippen molar-refractivity contribution in [3.8, 4) is 0 Å². The molecule has 0 saturated heterocycles. The van der Waals surface area contributed by atoms with Gasteiger partial charge in [-0.3, -0.25) is 4.98 Å². The monoisotopic (exact) mass is 194 g/mol. The molecule has 0 fully saturated rings. The number of aromatic nitrogens is 1. The molecule has 1 aromatic rings. The first kappa shape index (κ1) is 11.1. The zero-order valence-corrected chi connectivity index (χ0v) is 8.81. The van der Waals surface area contributed by atoms with E-state index in [9.17, 15) is 0 Å². The first-order valence-corrected chi connectivity index (χ1v) is 5.02. The molecule has 1 aromatic heterocycles. The van der Waals surface area contributed by atoms with E-state index >= 15 is 0 Å². The van der Waals surface area contributed by atoms with Crippen molar-refractivity contribution >= 4 is 0 Å². The third kappa shape index (κ3) is 3.09. The maximum absolute atomic E-state index is 5.86. The highest BCUT2D eigenvalue weighted by atomic mass is 16.5. The number of hydrogen-bond donors (Lipinski definition) is 1. The van der Waals surface area contributed by atoms with Crippen LogP contribution in [0.15, 0.2) is 24.5 Å². The lowest BCUT2D eigenvalue weighted by atomic mass is 10.1. The molecule has 1 heterocycles. The van der Waals surface area contributed by atoms with Gasteiger partial charge in [0.05, 0.1) is 6.10 Å². The maximum Gasteiger partial charge on any atom is 0.0974 e. The molecular formula is C11H18N2O. The first-order chi connectivity index (χ1) is 6.75. The first-order valence-electron chi connectivity index (χ1n) is 5.02. The van der Waals surface area contributed by atoms with E-state index in [2.05, 4.69) is 11.9 Å². The largest absolute Gasteiger partial charge is 0.372 e. The van der Waals surface area contributed by atoms with Gasteiger partial charge < -0.3 is 10.5 Å². The lowest BCUT2D eigenvalue weighted by Crippen LogP contribution is -2.27. The summed E-state index contributed by atoms with van der Waals surface area (Å²) in [4.78, 5) is 3.97. The molecule has 78 valence electrons. The van der Waals surface area contributed by atoms with Crippen LogP contribution in [0.2, 0.25) is 0 Å². The number of ether oxygens (including phenoxy) is 1. The van der Waals surface area contributed by atoms with Crippen molar-refractivity contribution in [3.63, 3.8) is 0 Å². The number of rotatable bonds is 5. The van der Waals surface area contributed by atoms with Crippen LogP contribution < -0.4 is 5.73 Å². The highest BCUT2D eigenvalue weighted by molar-refractivity contribution is 5.14. The fourth-order valence-corrected chi connectivity index (χ4v) is 1.35. The standard InChI is InChI=1S/C11H18N2O/c1-3-8-14-11(9(2)12)10-4-6-13-7-5-10/h4-7,9,11H,3,8,12H2,1-2H3. The van der Waals surface area contributed by atoms with Crippen LogP contribution in [-0.4, -0.2) is 17.6 Å². The van der Waals surface area contributed by atoms with Crippen LogP contribution in [0.25, 0.3) is 0 Å². The van der Waals surface area contributed by atoms with Crippen LogP contribution in [-0.2, 0) is 4.74 Å². The van der Waals surface area contributed by atoms with Crippen molar-refractivity contribution in [2.24, 2.45) is 5.73 Å². The molecule has 0 aliphatic carbocycles. The van der Waals surface area contributed by atoms with E-state index in [4.69, 9.17) is 10.5 Å². The highest BCUT2D eigenvalue weighted by Crippen LogP contribution is 2.19. The van der Waals surface area contributed by atoms with Crippen molar-refractivity contribution in [1.29, 1.82) is 0 Å². The van der Waals surface area contributed by atoms with Gasteiger partial charge in [0.2, 0.25) is 0 Å². The Morgan fingerprint density at radius 2 is 2.07 bits per heavy atom. The Labute approximate surface area is 85.3 Å². The Bertz CT molecular complexity index is 249. The quantitative estimate of drug-likeness (QED) is 0.778. The van der Waals surface area contributed by atoms with Crippen LogP contribution >= 0.6 is 0 Å².